The van der Waals surface area contributed by atoms with Crippen LogP contribution in [0.3, 0.4) is 0 Å². The second-order valence-corrected chi connectivity index (χ2v) is 7.42. The van der Waals surface area contributed by atoms with Crippen LogP contribution in [0.25, 0.3) is 10.4 Å². The zero-order valence-corrected chi connectivity index (χ0v) is 13.2. The van der Waals surface area contributed by atoms with Gasteiger partial charge in [0, 0.05) is 22.8 Å². The van der Waals surface area contributed by atoms with Crippen LogP contribution in [0.15, 0.2) is 42.5 Å². The molecule has 0 bridgehead atoms. The smallest absolute Gasteiger partial charge is 0.0346 e. The summed E-state index contributed by atoms with van der Waals surface area (Å²) in [4.78, 5) is 2.80. The highest BCUT2D eigenvalue weighted by atomic mass is 32.1. The summed E-state index contributed by atoms with van der Waals surface area (Å²) < 4.78 is 0. The van der Waals surface area contributed by atoms with Gasteiger partial charge in [0.1, 0.15) is 0 Å². The summed E-state index contributed by atoms with van der Waals surface area (Å²) in [6, 6.07) is 15.1. The van der Waals surface area contributed by atoms with Gasteiger partial charge in [-0.05, 0) is 41.9 Å². The van der Waals surface area contributed by atoms with E-state index in [-0.39, 0.29) is 0 Å². The molecule has 1 aromatic heterocycles. The maximum atomic E-state index is 3.66. The highest BCUT2D eigenvalue weighted by molar-refractivity contribution is 7.15. The fraction of sp³-hybridized carbons (Fsp3) is 0.444. The summed E-state index contributed by atoms with van der Waals surface area (Å²) in [6.07, 6.45) is 2.80. The molecule has 106 valence electrons. The van der Waals surface area contributed by atoms with E-state index in [1.807, 2.05) is 11.3 Å². The van der Waals surface area contributed by atoms with E-state index in [0.717, 1.165) is 12.5 Å². The van der Waals surface area contributed by atoms with Gasteiger partial charge in [-0.15, -0.1) is 11.3 Å². The first-order chi connectivity index (χ1) is 9.70. The number of thiophene rings is 1. The van der Waals surface area contributed by atoms with Gasteiger partial charge in [-0.1, -0.05) is 44.2 Å². The normalized spacial score (nSPS) is 16.6. The molecule has 1 nitrogen and oxygen atoms in total. The monoisotopic (exact) mass is 285 g/mol. The molecule has 0 atom stereocenters. The molecule has 1 heterocycles. The van der Waals surface area contributed by atoms with Gasteiger partial charge >= 0.3 is 0 Å². The van der Waals surface area contributed by atoms with E-state index in [2.05, 4.69) is 61.6 Å². The molecular formula is C18H23NS. The van der Waals surface area contributed by atoms with Crippen molar-refractivity contribution in [1.29, 1.82) is 0 Å². The number of nitrogens with one attached hydrogen (secondary N) is 1. The molecule has 1 aliphatic carbocycles. The molecule has 1 aliphatic rings. The minimum atomic E-state index is 0.597. The zero-order valence-electron chi connectivity index (χ0n) is 12.4. The van der Waals surface area contributed by atoms with Crippen LogP contribution in [0.5, 0.6) is 0 Å². The van der Waals surface area contributed by atoms with E-state index >= 15 is 0 Å². The Bertz CT molecular complexity index is 552. The van der Waals surface area contributed by atoms with Crippen LogP contribution < -0.4 is 5.32 Å². The molecule has 3 rings (SSSR count). The third-order valence-electron chi connectivity index (χ3n) is 4.61. The first-order valence-corrected chi connectivity index (χ1v) is 8.36. The van der Waals surface area contributed by atoms with Crippen LogP contribution in [-0.2, 0) is 6.54 Å². The van der Waals surface area contributed by atoms with Crippen molar-refractivity contribution >= 4 is 11.3 Å². The third-order valence-corrected chi connectivity index (χ3v) is 5.75. The maximum Gasteiger partial charge on any atom is 0.0346 e. The van der Waals surface area contributed by atoms with Crippen LogP contribution >= 0.6 is 11.3 Å². The standard InChI is InChI=1S/C18H23NS/c1-14(2)18(10-11-18)13-19-12-16-8-9-17(20-16)15-6-4-3-5-7-15/h3-9,14,19H,10-13H2,1-2H3. The van der Waals surface area contributed by atoms with Crippen LogP contribution in [0.1, 0.15) is 31.6 Å². The van der Waals surface area contributed by atoms with Gasteiger partial charge in [0.25, 0.3) is 0 Å². The molecule has 20 heavy (non-hydrogen) atoms. The average molecular weight is 285 g/mol. The molecule has 0 aliphatic heterocycles. The minimum Gasteiger partial charge on any atom is -0.311 e. The quantitative estimate of drug-likeness (QED) is 0.792. The largest absolute Gasteiger partial charge is 0.311 e. The fourth-order valence-electron chi connectivity index (χ4n) is 2.78. The van der Waals surface area contributed by atoms with E-state index in [9.17, 15) is 0 Å². The molecule has 1 N–H and O–H groups in total. The molecule has 1 aromatic carbocycles. The summed E-state index contributed by atoms with van der Waals surface area (Å²) in [5, 5.41) is 3.66. The lowest BCUT2D eigenvalue weighted by atomic mass is 9.92. The molecule has 0 unspecified atom stereocenters. The van der Waals surface area contributed by atoms with Crippen LogP contribution in [0, 0.1) is 11.3 Å². The fourth-order valence-corrected chi connectivity index (χ4v) is 3.77. The van der Waals surface area contributed by atoms with Crippen molar-refractivity contribution < 1.29 is 0 Å². The molecule has 2 heteroatoms. The minimum absolute atomic E-state index is 0.597. The van der Waals surface area contributed by atoms with Crippen molar-refractivity contribution in [2.45, 2.75) is 33.2 Å². The summed E-state index contributed by atoms with van der Waals surface area (Å²) in [6.45, 7) is 6.88. The van der Waals surface area contributed by atoms with Gasteiger partial charge in [0.2, 0.25) is 0 Å². The van der Waals surface area contributed by atoms with Gasteiger partial charge in [0.05, 0.1) is 0 Å². The molecule has 1 saturated carbocycles. The van der Waals surface area contributed by atoms with Crippen molar-refractivity contribution in [3.05, 3.63) is 47.3 Å². The number of hydrogen-bond acceptors (Lipinski definition) is 2. The van der Waals surface area contributed by atoms with Crippen molar-refractivity contribution in [2.24, 2.45) is 11.3 Å². The van der Waals surface area contributed by atoms with E-state index in [1.54, 1.807) is 0 Å². The Morgan fingerprint density at radius 2 is 1.85 bits per heavy atom. The zero-order chi connectivity index (χ0) is 14.0. The van der Waals surface area contributed by atoms with Gasteiger partial charge < -0.3 is 5.32 Å². The Kier molecular flexibility index (Phi) is 3.95. The lowest BCUT2D eigenvalue weighted by molar-refractivity contribution is 0.338. The van der Waals surface area contributed by atoms with E-state index in [4.69, 9.17) is 0 Å². The van der Waals surface area contributed by atoms with Gasteiger partial charge in [0.15, 0.2) is 0 Å². The lowest BCUT2D eigenvalue weighted by Crippen LogP contribution is -2.26. The Balaban J connectivity index is 1.56. The summed E-state index contributed by atoms with van der Waals surface area (Å²) in [7, 11) is 0. The summed E-state index contributed by atoms with van der Waals surface area (Å²) >= 11 is 1.90. The summed E-state index contributed by atoms with van der Waals surface area (Å²) in [5.41, 5.74) is 1.92. The first kappa shape index (κ1) is 13.8. The van der Waals surface area contributed by atoms with Crippen molar-refractivity contribution in [3.63, 3.8) is 0 Å². The lowest BCUT2D eigenvalue weighted by Gasteiger charge is -2.19. The molecule has 2 aromatic rings. The highest BCUT2D eigenvalue weighted by Gasteiger charge is 2.44. The highest BCUT2D eigenvalue weighted by Crippen LogP contribution is 2.51. The Morgan fingerprint density at radius 3 is 2.50 bits per heavy atom. The van der Waals surface area contributed by atoms with Gasteiger partial charge in [-0.2, -0.15) is 0 Å². The third kappa shape index (κ3) is 2.97. The number of rotatable bonds is 6. The average Bonchev–Trinajstić information content (AvgIpc) is 3.11. The van der Waals surface area contributed by atoms with Gasteiger partial charge in [-0.3, -0.25) is 0 Å². The molecule has 0 amide bonds. The van der Waals surface area contributed by atoms with Crippen molar-refractivity contribution in [3.8, 4) is 10.4 Å². The van der Waals surface area contributed by atoms with Crippen molar-refractivity contribution in [2.75, 3.05) is 6.54 Å². The summed E-state index contributed by atoms with van der Waals surface area (Å²) in [5.74, 6) is 0.804. The predicted octanol–water partition coefficient (Wildman–Crippen LogP) is 4.94. The van der Waals surface area contributed by atoms with Crippen molar-refractivity contribution in [1.82, 2.24) is 5.32 Å². The number of hydrogen-bond donors (Lipinski definition) is 1. The molecule has 0 spiro atoms. The molecular weight excluding hydrogens is 262 g/mol. The molecule has 0 saturated heterocycles. The Labute approximate surface area is 126 Å². The number of benzene rings is 1. The van der Waals surface area contributed by atoms with E-state index in [0.29, 0.717) is 5.41 Å². The second kappa shape index (κ2) is 5.71. The predicted molar refractivity (Wildman–Crippen MR) is 88.0 cm³/mol. The molecule has 1 fully saturated rings. The SMILES string of the molecule is CC(C)C1(CNCc2ccc(-c3ccccc3)s2)CC1. The second-order valence-electron chi connectivity index (χ2n) is 6.25. The van der Waals surface area contributed by atoms with Crippen LogP contribution in [0.2, 0.25) is 0 Å². The van der Waals surface area contributed by atoms with Crippen LogP contribution in [-0.4, -0.2) is 6.54 Å². The van der Waals surface area contributed by atoms with E-state index < -0.39 is 0 Å². The Hall–Kier alpha value is -1.12. The maximum absolute atomic E-state index is 3.66. The molecule has 0 radical (unpaired) electrons. The van der Waals surface area contributed by atoms with Crippen LogP contribution in [0.4, 0.5) is 0 Å². The first-order valence-electron chi connectivity index (χ1n) is 7.54. The van der Waals surface area contributed by atoms with E-state index in [1.165, 1.54) is 34.7 Å². The Morgan fingerprint density at radius 1 is 1.10 bits per heavy atom. The topological polar surface area (TPSA) is 12.0 Å². The van der Waals surface area contributed by atoms with Gasteiger partial charge in [-0.25, -0.2) is 0 Å².